The lowest BCUT2D eigenvalue weighted by atomic mass is 10.2. The summed E-state index contributed by atoms with van der Waals surface area (Å²) in [7, 11) is -2.69. The molecule has 11 heteroatoms. The van der Waals surface area contributed by atoms with Crippen molar-refractivity contribution in [1.29, 1.82) is 0 Å². The van der Waals surface area contributed by atoms with E-state index in [1.165, 1.54) is 6.08 Å². The van der Waals surface area contributed by atoms with E-state index < -0.39 is 20.9 Å². The average Bonchev–Trinajstić information content (AvgIpc) is 2.88. The molecule has 1 rings (SSSR count). The Morgan fingerprint density at radius 3 is 2.11 bits per heavy atom. The Kier molecular flexibility index (Phi) is 17.9. The Balaban J connectivity index is 2.21. The van der Waals surface area contributed by atoms with Gasteiger partial charge in [0, 0.05) is 38.5 Å². The van der Waals surface area contributed by atoms with Crippen LogP contribution in [0.3, 0.4) is 0 Å². The lowest BCUT2D eigenvalue weighted by Crippen LogP contribution is -2.46. The van der Waals surface area contributed by atoms with Gasteiger partial charge < -0.3 is 37.9 Å². The number of benzene rings is 1. The summed E-state index contributed by atoms with van der Waals surface area (Å²) in [5.74, 6) is 0.208. The highest BCUT2D eigenvalue weighted by Crippen LogP contribution is 2.29. The number of amides is 1. The summed E-state index contributed by atoms with van der Waals surface area (Å²) >= 11 is 0. The lowest BCUT2D eigenvalue weighted by Gasteiger charge is -2.28. The Morgan fingerprint density at radius 2 is 1.50 bits per heavy atom. The highest BCUT2D eigenvalue weighted by atomic mass is 28.4. The average molecular weight is 556 g/mol. The third kappa shape index (κ3) is 14.4. The third-order valence-electron chi connectivity index (χ3n) is 5.24. The van der Waals surface area contributed by atoms with Crippen LogP contribution >= 0.6 is 0 Å². The van der Waals surface area contributed by atoms with E-state index in [0.717, 1.165) is 37.3 Å². The van der Waals surface area contributed by atoms with Crippen molar-refractivity contribution >= 4 is 26.9 Å². The van der Waals surface area contributed by atoms with Gasteiger partial charge in [0.2, 0.25) is 0 Å². The molecule has 0 heterocycles. The summed E-state index contributed by atoms with van der Waals surface area (Å²) in [6.45, 7) is 11.1. The van der Waals surface area contributed by atoms with E-state index >= 15 is 0 Å². The number of carboxylic acid groups (broad SMARTS) is 1. The summed E-state index contributed by atoms with van der Waals surface area (Å²) in [5.41, 5.74) is 0.726. The van der Waals surface area contributed by atoms with Crippen molar-refractivity contribution < 1.29 is 42.2 Å². The molecule has 0 fully saturated rings. The molecule has 1 amide bonds. The Labute approximate surface area is 228 Å². The highest BCUT2D eigenvalue weighted by Gasteiger charge is 2.39. The molecule has 0 bridgehead atoms. The molecule has 0 saturated carbocycles. The van der Waals surface area contributed by atoms with Gasteiger partial charge in [-0.05, 0) is 83.6 Å². The van der Waals surface area contributed by atoms with E-state index in [1.807, 2.05) is 27.7 Å². The number of unbranched alkanes of at least 4 members (excludes halogenated alkanes) is 3. The van der Waals surface area contributed by atoms with Crippen LogP contribution in [0.2, 0.25) is 6.04 Å². The number of carbonyl (C=O) groups excluding carboxylic acids is 1. The molecule has 0 saturated heterocycles. The van der Waals surface area contributed by atoms with Crippen molar-refractivity contribution in [2.75, 3.05) is 46.2 Å². The largest absolute Gasteiger partial charge is 0.500 e. The molecule has 10 nitrogen and oxygen atoms in total. The first-order valence-corrected chi connectivity index (χ1v) is 15.5. The fourth-order valence-electron chi connectivity index (χ4n) is 3.64. The van der Waals surface area contributed by atoms with E-state index in [1.54, 1.807) is 18.2 Å². The first-order chi connectivity index (χ1) is 18.4. The summed E-state index contributed by atoms with van der Waals surface area (Å²) < 4.78 is 34.2. The Morgan fingerprint density at radius 1 is 0.842 bits per heavy atom. The van der Waals surface area contributed by atoms with E-state index in [9.17, 15) is 9.59 Å². The van der Waals surface area contributed by atoms with Crippen LogP contribution in [0, 0.1) is 0 Å². The number of hydrogen-bond donors (Lipinski definition) is 2. The Bertz CT molecular complexity index is 818. The van der Waals surface area contributed by atoms with Gasteiger partial charge in [-0.2, -0.15) is 0 Å². The molecule has 1 aromatic carbocycles. The van der Waals surface area contributed by atoms with Crippen molar-refractivity contribution in [1.82, 2.24) is 5.32 Å². The number of aliphatic carboxylic acids is 1. The van der Waals surface area contributed by atoms with Crippen LogP contribution in [0.1, 0.15) is 65.4 Å². The van der Waals surface area contributed by atoms with Gasteiger partial charge in [-0.15, -0.1) is 0 Å². The second-order valence-corrected chi connectivity index (χ2v) is 11.0. The van der Waals surface area contributed by atoms with Gasteiger partial charge >= 0.3 is 20.9 Å². The van der Waals surface area contributed by atoms with Crippen molar-refractivity contribution in [3.05, 3.63) is 29.8 Å². The van der Waals surface area contributed by atoms with Crippen molar-refractivity contribution in [3.8, 4) is 11.5 Å². The molecule has 2 N–H and O–H groups in total. The number of carboxylic acids is 1. The molecule has 0 radical (unpaired) electrons. The minimum atomic E-state index is -2.69. The van der Waals surface area contributed by atoms with Crippen LogP contribution in [0.5, 0.6) is 11.5 Å². The van der Waals surface area contributed by atoms with Crippen LogP contribution in [0.15, 0.2) is 24.3 Å². The van der Waals surface area contributed by atoms with Crippen LogP contribution in [0.4, 0.5) is 4.79 Å². The summed E-state index contributed by atoms with van der Waals surface area (Å²) in [6, 6.07) is 5.97. The van der Waals surface area contributed by atoms with Crippen LogP contribution in [-0.2, 0) is 22.8 Å². The maximum absolute atomic E-state index is 11.9. The standard InChI is InChI=1S/C27H45NO9Si/c1-5-32-25-22-23(15-17-26(29)30)14-16-24(25)33-19-11-9-10-12-20-34-27(31)28-18-13-21-38(35-6-2,36-7-3)37-8-4/h14-17,22H,5-13,18-21H2,1-4H3,(H,28,31)(H,29,30)/b17-15+. The molecular weight excluding hydrogens is 510 g/mol. The fraction of sp³-hybridized carbons (Fsp3) is 0.630. The number of ether oxygens (including phenoxy) is 3. The molecule has 0 atom stereocenters. The SMILES string of the molecule is CCOc1cc(/C=C/C(=O)O)ccc1OCCCCCCOC(=O)NCCC[Si](OCC)(OCC)OCC. The number of alkyl carbamates (subject to hydrolysis) is 1. The van der Waals surface area contributed by atoms with Gasteiger partial charge in [0.1, 0.15) is 0 Å². The van der Waals surface area contributed by atoms with E-state index in [4.69, 9.17) is 32.6 Å². The van der Waals surface area contributed by atoms with Gasteiger partial charge in [0.15, 0.2) is 11.5 Å². The predicted octanol–water partition coefficient (Wildman–Crippen LogP) is 5.29. The molecule has 0 aliphatic carbocycles. The number of hydrogen-bond acceptors (Lipinski definition) is 8. The molecule has 0 aromatic heterocycles. The molecule has 0 aliphatic heterocycles. The molecular formula is C27H45NO9Si. The zero-order valence-corrected chi connectivity index (χ0v) is 24.3. The quantitative estimate of drug-likeness (QED) is 0.112. The van der Waals surface area contributed by atoms with E-state index in [0.29, 0.717) is 70.1 Å². The van der Waals surface area contributed by atoms with E-state index in [2.05, 4.69) is 5.32 Å². The first-order valence-electron chi connectivity index (χ1n) is 13.5. The molecule has 0 aliphatic rings. The summed E-state index contributed by atoms with van der Waals surface area (Å²) in [6.07, 6.45) is 6.34. The van der Waals surface area contributed by atoms with Crippen LogP contribution < -0.4 is 14.8 Å². The maximum Gasteiger partial charge on any atom is 0.500 e. The highest BCUT2D eigenvalue weighted by molar-refractivity contribution is 6.60. The number of rotatable bonds is 22. The van der Waals surface area contributed by atoms with Gasteiger partial charge in [-0.1, -0.05) is 6.07 Å². The smallest absolute Gasteiger partial charge is 0.490 e. The minimum Gasteiger partial charge on any atom is -0.490 e. The second-order valence-electron chi connectivity index (χ2n) is 8.22. The van der Waals surface area contributed by atoms with E-state index in [-0.39, 0.29) is 0 Å². The van der Waals surface area contributed by atoms with Crippen LogP contribution in [0.25, 0.3) is 6.08 Å². The molecule has 38 heavy (non-hydrogen) atoms. The zero-order valence-electron chi connectivity index (χ0n) is 23.3. The normalized spacial score (nSPS) is 11.5. The van der Waals surface area contributed by atoms with Crippen molar-refractivity contribution in [3.63, 3.8) is 0 Å². The summed E-state index contributed by atoms with van der Waals surface area (Å²) in [5, 5.41) is 11.6. The zero-order chi connectivity index (χ0) is 28.1. The number of nitrogens with one attached hydrogen (secondary N) is 1. The van der Waals surface area contributed by atoms with Gasteiger partial charge in [0.25, 0.3) is 0 Å². The van der Waals surface area contributed by atoms with Crippen molar-refractivity contribution in [2.45, 2.75) is 65.8 Å². The minimum absolute atomic E-state index is 0.363. The second kappa shape index (κ2) is 20.4. The topological polar surface area (TPSA) is 122 Å². The third-order valence-corrected chi connectivity index (χ3v) is 8.39. The fourth-order valence-corrected chi connectivity index (χ4v) is 6.25. The van der Waals surface area contributed by atoms with Gasteiger partial charge in [-0.3, -0.25) is 0 Å². The van der Waals surface area contributed by atoms with Crippen molar-refractivity contribution in [2.24, 2.45) is 0 Å². The maximum atomic E-state index is 11.9. The van der Waals surface area contributed by atoms with Crippen LogP contribution in [-0.4, -0.2) is 72.2 Å². The van der Waals surface area contributed by atoms with Gasteiger partial charge in [-0.25, -0.2) is 9.59 Å². The lowest BCUT2D eigenvalue weighted by molar-refractivity contribution is -0.131. The Hall–Kier alpha value is -2.60. The molecule has 0 spiro atoms. The molecule has 216 valence electrons. The first kappa shape index (κ1) is 33.4. The molecule has 1 aromatic rings. The summed E-state index contributed by atoms with van der Waals surface area (Å²) in [4.78, 5) is 22.6. The number of carbonyl (C=O) groups is 2. The predicted molar refractivity (Wildman–Crippen MR) is 148 cm³/mol. The molecule has 0 unspecified atom stereocenters. The van der Waals surface area contributed by atoms with Gasteiger partial charge in [0.05, 0.1) is 19.8 Å². The monoisotopic (exact) mass is 555 g/mol.